The Bertz CT molecular complexity index is 778. The van der Waals surface area contributed by atoms with Crippen molar-refractivity contribution in [3.8, 4) is 5.75 Å². The minimum Gasteiger partial charge on any atom is -0.490 e. The predicted molar refractivity (Wildman–Crippen MR) is 112 cm³/mol. The van der Waals surface area contributed by atoms with Crippen molar-refractivity contribution in [2.45, 2.75) is 70.9 Å². The van der Waals surface area contributed by atoms with E-state index in [1.54, 1.807) is 0 Å². The Balaban J connectivity index is 1.31. The molecule has 1 aliphatic carbocycles. The lowest BCUT2D eigenvalue weighted by atomic mass is 9.77. The average molecular weight is 400 g/mol. The number of carbonyl (C=O) groups excluding carboxylic acids is 2. The van der Waals surface area contributed by atoms with Gasteiger partial charge in [0.2, 0.25) is 0 Å². The van der Waals surface area contributed by atoms with E-state index in [1.165, 1.54) is 10.5 Å². The molecule has 2 saturated heterocycles. The topological polar surface area (TPSA) is 61.9 Å². The average Bonchev–Trinajstić information content (AvgIpc) is 2.93. The lowest BCUT2D eigenvalue weighted by molar-refractivity contribution is -0.134. The molecule has 2 aliphatic heterocycles. The first kappa shape index (κ1) is 20.2. The SMILES string of the molecule is Cc1ccc(C)c(OC2CCN(CN3C(=O)NC4(CCC(C)CC4)C3=O)CC2)c1. The van der Waals surface area contributed by atoms with Gasteiger partial charge < -0.3 is 10.1 Å². The number of imide groups is 1. The Hall–Kier alpha value is -2.08. The molecule has 0 unspecified atom stereocenters. The highest BCUT2D eigenvalue weighted by Crippen LogP contribution is 2.36. The number of carbonyl (C=O) groups is 2. The van der Waals surface area contributed by atoms with Gasteiger partial charge in [0.15, 0.2) is 0 Å². The number of hydrogen-bond donors (Lipinski definition) is 1. The molecule has 2 heterocycles. The minimum atomic E-state index is -0.645. The molecule has 1 N–H and O–H groups in total. The van der Waals surface area contributed by atoms with Crippen LogP contribution in [0.3, 0.4) is 0 Å². The van der Waals surface area contributed by atoms with Gasteiger partial charge in [-0.2, -0.15) is 0 Å². The molecule has 6 heteroatoms. The molecule has 158 valence electrons. The molecular formula is C23H33N3O3. The first-order valence-corrected chi connectivity index (χ1v) is 11.0. The number of benzene rings is 1. The molecule has 1 saturated carbocycles. The van der Waals surface area contributed by atoms with Gasteiger partial charge in [-0.25, -0.2) is 9.69 Å². The maximum absolute atomic E-state index is 13.0. The van der Waals surface area contributed by atoms with Crippen molar-refractivity contribution in [1.29, 1.82) is 0 Å². The molecule has 3 aliphatic rings. The van der Waals surface area contributed by atoms with Gasteiger partial charge in [-0.15, -0.1) is 0 Å². The monoisotopic (exact) mass is 399 g/mol. The number of nitrogens with zero attached hydrogens (tertiary/aromatic N) is 2. The highest BCUT2D eigenvalue weighted by atomic mass is 16.5. The summed E-state index contributed by atoms with van der Waals surface area (Å²) < 4.78 is 6.24. The molecule has 6 nitrogen and oxygen atoms in total. The summed E-state index contributed by atoms with van der Waals surface area (Å²) in [7, 11) is 0. The zero-order valence-electron chi connectivity index (χ0n) is 17.9. The second kappa shape index (κ2) is 7.98. The molecule has 4 rings (SSSR count). The quantitative estimate of drug-likeness (QED) is 0.786. The first-order chi connectivity index (χ1) is 13.9. The van der Waals surface area contributed by atoms with Crippen molar-refractivity contribution in [3.63, 3.8) is 0 Å². The Morgan fingerprint density at radius 2 is 1.79 bits per heavy atom. The van der Waals surface area contributed by atoms with Gasteiger partial charge in [0, 0.05) is 13.1 Å². The molecule has 1 aromatic rings. The van der Waals surface area contributed by atoms with Gasteiger partial charge in [0.25, 0.3) is 5.91 Å². The second-order valence-electron chi connectivity index (χ2n) is 9.27. The number of hydrogen-bond acceptors (Lipinski definition) is 4. The van der Waals surface area contributed by atoms with Crippen LogP contribution in [0.4, 0.5) is 4.79 Å². The van der Waals surface area contributed by atoms with Crippen molar-refractivity contribution in [2.75, 3.05) is 19.8 Å². The summed E-state index contributed by atoms with van der Waals surface area (Å²) in [5, 5.41) is 3.02. The summed E-state index contributed by atoms with van der Waals surface area (Å²) in [5.74, 6) is 1.57. The number of urea groups is 1. The molecule has 29 heavy (non-hydrogen) atoms. The van der Waals surface area contributed by atoms with Crippen LogP contribution < -0.4 is 10.1 Å². The lowest BCUT2D eigenvalue weighted by Gasteiger charge is -2.35. The van der Waals surface area contributed by atoms with Crippen molar-refractivity contribution in [2.24, 2.45) is 5.92 Å². The highest BCUT2D eigenvalue weighted by molar-refractivity contribution is 6.07. The number of amides is 3. The summed E-state index contributed by atoms with van der Waals surface area (Å²) >= 11 is 0. The van der Waals surface area contributed by atoms with Gasteiger partial charge in [-0.1, -0.05) is 19.1 Å². The van der Waals surface area contributed by atoms with E-state index in [0.717, 1.165) is 62.9 Å². The van der Waals surface area contributed by atoms with Crippen LogP contribution in [0.2, 0.25) is 0 Å². The van der Waals surface area contributed by atoms with Gasteiger partial charge in [-0.05, 0) is 75.5 Å². The van der Waals surface area contributed by atoms with Crippen LogP contribution in [0, 0.1) is 19.8 Å². The van der Waals surface area contributed by atoms with Crippen molar-refractivity contribution < 1.29 is 14.3 Å². The third kappa shape index (κ3) is 4.13. The molecule has 1 spiro atoms. The van der Waals surface area contributed by atoms with E-state index in [-0.39, 0.29) is 18.0 Å². The molecule has 3 amide bonds. The molecule has 0 atom stereocenters. The zero-order chi connectivity index (χ0) is 20.6. The van der Waals surface area contributed by atoms with Crippen LogP contribution in [0.15, 0.2) is 18.2 Å². The summed E-state index contributed by atoms with van der Waals surface area (Å²) in [5.41, 5.74) is 1.71. The normalized spacial score (nSPS) is 28.8. The number of likely N-dealkylation sites (tertiary alicyclic amines) is 1. The van der Waals surface area contributed by atoms with Gasteiger partial charge in [0.1, 0.15) is 17.4 Å². The number of aryl methyl sites for hydroxylation is 2. The van der Waals surface area contributed by atoms with Crippen LogP contribution in [-0.4, -0.2) is 53.1 Å². The van der Waals surface area contributed by atoms with E-state index in [1.807, 2.05) is 0 Å². The van der Waals surface area contributed by atoms with E-state index < -0.39 is 5.54 Å². The maximum Gasteiger partial charge on any atom is 0.326 e. The third-order valence-corrected chi connectivity index (χ3v) is 6.89. The number of nitrogens with one attached hydrogen (secondary N) is 1. The third-order valence-electron chi connectivity index (χ3n) is 6.89. The van der Waals surface area contributed by atoms with E-state index in [0.29, 0.717) is 12.6 Å². The van der Waals surface area contributed by atoms with Gasteiger partial charge in [0.05, 0.1) is 6.67 Å². The van der Waals surface area contributed by atoms with Crippen molar-refractivity contribution >= 4 is 11.9 Å². The zero-order valence-corrected chi connectivity index (χ0v) is 17.9. The molecule has 1 aromatic carbocycles. The Morgan fingerprint density at radius 1 is 1.10 bits per heavy atom. The van der Waals surface area contributed by atoms with E-state index in [4.69, 9.17) is 4.74 Å². The number of ether oxygens (including phenoxy) is 1. The maximum atomic E-state index is 13.0. The second-order valence-corrected chi connectivity index (χ2v) is 9.27. The highest BCUT2D eigenvalue weighted by Gasteiger charge is 2.52. The van der Waals surface area contributed by atoms with E-state index in [9.17, 15) is 9.59 Å². The fraction of sp³-hybridized carbons (Fsp3) is 0.652. The van der Waals surface area contributed by atoms with E-state index >= 15 is 0 Å². The fourth-order valence-corrected chi connectivity index (χ4v) is 4.78. The Labute approximate surface area is 173 Å². The largest absolute Gasteiger partial charge is 0.490 e. The van der Waals surface area contributed by atoms with Crippen LogP contribution in [0.25, 0.3) is 0 Å². The van der Waals surface area contributed by atoms with Gasteiger partial charge >= 0.3 is 6.03 Å². The van der Waals surface area contributed by atoms with Crippen molar-refractivity contribution in [3.05, 3.63) is 29.3 Å². The standard InChI is InChI=1S/C23H33N3O3/c1-16-6-10-23(11-7-16)21(27)26(22(28)24-23)15-25-12-8-19(9-13-25)29-20-14-17(2)4-5-18(20)3/h4-5,14,16,19H,6-13,15H2,1-3H3,(H,24,28). The first-order valence-electron chi connectivity index (χ1n) is 11.0. The lowest BCUT2D eigenvalue weighted by Crippen LogP contribution is -2.50. The molecular weight excluding hydrogens is 366 g/mol. The van der Waals surface area contributed by atoms with Crippen LogP contribution >= 0.6 is 0 Å². The van der Waals surface area contributed by atoms with Crippen LogP contribution in [-0.2, 0) is 4.79 Å². The Kier molecular flexibility index (Phi) is 5.56. The number of piperidine rings is 1. The molecule has 0 radical (unpaired) electrons. The Morgan fingerprint density at radius 3 is 2.48 bits per heavy atom. The predicted octanol–water partition coefficient (Wildman–Crippen LogP) is 3.60. The summed E-state index contributed by atoms with van der Waals surface area (Å²) in [6.45, 7) is 8.41. The molecule has 0 aromatic heterocycles. The molecule has 0 bridgehead atoms. The smallest absolute Gasteiger partial charge is 0.326 e. The molecule has 3 fully saturated rings. The summed E-state index contributed by atoms with van der Waals surface area (Å²) in [6, 6.07) is 6.07. The fourth-order valence-electron chi connectivity index (χ4n) is 4.78. The van der Waals surface area contributed by atoms with E-state index in [2.05, 4.69) is 49.2 Å². The van der Waals surface area contributed by atoms with Crippen molar-refractivity contribution in [1.82, 2.24) is 15.1 Å². The van der Waals surface area contributed by atoms with Crippen LogP contribution in [0.5, 0.6) is 5.75 Å². The van der Waals surface area contributed by atoms with Gasteiger partial charge in [-0.3, -0.25) is 9.69 Å². The number of rotatable bonds is 4. The minimum absolute atomic E-state index is 0.0249. The summed E-state index contributed by atoms with van der Waals surface area (Å²) in [4.78, 5) is 29.2. The van der Waals surface area contributed by atoms with Crippen LogP contribution in [0.1, 0.15) is 56.6 Å². The summed E-state index contributed by atoms with van der Waals surface area (Å²) in [6.07, 6.45) is 5.52.